The molecule has 18 heavy (non-hydrogen) atoms. The first kappa shape index (κ1) is 13.4. The third-order valence-corrected chi connectivity index (χ3v) is 3.31. The summed E-state index contributed by atoms with van der Waals surface area (Å²) < 4.78 is 32.6. The number of hydrogen-bond donors (Lipinski definition) is 1. The quantitative estimate of drug-likeness (QED) is 0.789. The van der Waals surface area contributed by atoms with Gasteiger partial charge in [0.15, 0.2) is 0 Å². The van der Waals surface area contributed by atoms with Gasteiger partial charge in [-0.3, -0.25) is 0 Å². The van der Waals surface area contributed by atoms with E-state index in [2.05, 4.69) is 5.32 Å². The molecule has 1 fully saturated rings. The van der Waals surface area contributed by atoms with E-state index in [4.69, 9.17) is 4.74 Å². The zero-order valence-electron chi connectivity index (χ0n) is 10.4. The lowest BCUT2D eigenvalue weighted by molar-refractivity contribution is -0.0841. The number of hydrogen-bond acceptors (Lipinski definition) is 2. The zero-order valence-corrected chi connectivity index (χ0v) is 10.4. The van der Waals surface area contributed by atoms with E-state index >= 15 is 0 Å². The lowest BCUT2D eigenvalue weighted by Gasteiger charge is -2.17. The van der Waals surface area contributed by atoms with Crippen LogP contribution < -0.4 is 5.32 Å². The average Bonchev–Trinajstić information content (AvgIpc) is 2.89. The maximum absolute atomic E-state index is 13.7. The summed E-state index contributed by atoms with van der Waals surface area (Å²) in [6, 6.07) is 7.84. The molecule has 0 saturated carbocycles. The SMILES string of the molecule is FC(F)(COCCC1CCNC1)c1ccccc1. The van der Waals surface area contributed by atoms with Gasteiger partial charge in [-0.25, -0.2) is 0 Å². The number of halogens is 2. The Balaban J connectivity index is 1.71. The molecule has 1 aliphatic rings. The summed E-state index contributed by atoms with van der Waals surface area (Å²) in [6.45, 7) is 1.90. The fraction of sp³-hybridized carbons (Fsp3) is 0.571. The van der Waals surface area contributed by atoms with Gasteiger partial charge in [0.05, 0.1) is 0 Å². The van der Waals surface area contributed by atoms with E-state index in [-0.39, 0.29) is 5.56 Å². The van der Waals surface area contributed by atoms with Gasteiger partial charge in [0.1, 0.15) is 6.61 Å². The second kappa shape index (κ2) is 6.25. The third-order valence-electron chi connectivity index (χ3n) is 3.31. The molecule has 2 nitrogen and oxygen atoms in total. The number of rotatable bonds is 6. The highest BCUT2D eigenvalue weighted by atomic mass is 19.3. The minimum absolute atomic E-state index is 0.0209. The maximum Gasteiger partial charge on any atom is 0.296 e. The van der Waals surface area contributed by atoms with Gasteiger partial charge in [0.25, 0.3) is 5.92 Å². The summed E-state index contributed by atoms with van der Waals surface area (Å²) in [5.74, 6) is -2.31. The third kappa shape index (κ3) is 3.75. The number of ether oxygens (including phenoxy) is 1. The number of benzene rings is 1. The van der Waals surface area contributed by atoms with Crippen molar-refractivity contribution in [2.45, 2.75) is 18.8 Å². The highest BCUT2D eigenvalue weighted by molar-refractivity contribution is 5.19. The summed E-state index contributed by atoms with van der Waals surface area (Å²) in [7, 11) is 0. The monoisotopic (exact) mass is 255 g/mol. The lowest BCUT2D eigenvalue weighted by atomic mass is 10.1. The van der Waals surface area contributed by atoms with Crippen LogP contribution in [0.4, 0.5) is 8.78 Å². The van der Waals surface area contributed by atoms with Gasteiger partial charge in [-0.1, -0.05) is 30.3 Å². The van der Waals surface area contributed by atoms with Gasteiger partial charge in [-0.15, -0.1) is 0 Å². The molecule has 4 heteroatoms. The number of nitrogens with one attached hydrogen (secondary N) is 1. The Hall–Kier alpha value is -1.00. The molecule has 1 aromatic rings. The zero-order chi connectivity index (χ0) is 12.8. The average molecular weight is 255 g/mol. The van der Waals surface area contributed by atoms with Crippen LogP contribution in [0.3, 0.4) is 0 Å². The van der Waals surface area contributed by atoms with Gasteiger partial charge < -0.3 is 10.1 Å². The maximum atomic E-state index is 13.7. The van der Waals surface area contributed by atoms with Crippen molar-refractivity contribution in [2.75, 3.05) is 26.3 Å². The molecule has 0 spiro atoms. The van der Waals surface area contributed by atoms with Crippen molar-refractivity contribution in [1.29, 1.82) is 0 Å². The Morgan fingerprint density at radius 1 is 1.28 bits per heavy atom. The highest BCUT2D eigenvalue weighted by Crippen LogP contribution is 2.28. The predicted octanol–water partition coefficient (Wildman–Crippen LogP) is 2.79. The minimum atomic E-state index is -2.89. The summed E-state index contributed by atoms with van der Waals surface area (Å²) in [5, 5.41) is 3.25. The Morgan fingerprint density at radius 3 is 2.72 bits per heavy atom. The van der Waals surface area contributed by atoms with Gasteiger partial charge in [-0.05, 0) is 31.8 Å². The van der Waals surface area contributed by atoms with Crippen molar-refractivity contribution in [2.24, 2.45) is 5.92 Å². The molecule has 1 aliphatic heterocycles. The summed E-state index contributed by atoms with van der Waals surface area (Å²) >= 11 is 0. The van der Waals surface area contributed by atoms with E-state index in [9.17, 15) is 8.78 Å². The molecule has 1 aromatic carbocycles. The molecule has 1 unspecified atom stereocenters. The van der Waals surface area contributed by atoms with E-state index < -0.39 is 12.5 Å². The summed E-state index contributed by atoms with van der Waals surface area (Å²) in [4.78, 5) is 0. The van der Waals surface area contributed by atoms with Gasteiger partial charge in [0.2, 0.25) is 0 Å². The molecule has 0 radical (unpaired) electrons. The Kier molecular flexibility index (Phi) is 4.66. The van der Waals surface area contributed by atoms with Crippen LogP contribution in [-0.4, -0.2) is 26.3 Å². The molecule has 0 amide bonds. The van der Waals surface area contributed by atoms with E-state index in [0.29, 0.717) is 12.5 Å². The molecule has 1 N–H and O–H groups in total. The van der Waals surface area contributed by atoms with Crippen LogP contribution in [0.15, 0.2) is 30.3 Å². The standard InChI is InChI=1S/C14H19F2NO/c15-14(16,13-4-2-1-3-5-13)11-18-9-7-12-6-8-17-10-12/h1-5,12,17H,6-11H2. The molecule has 0 bridgehead atoms. The molecule has 1 heterocycles. The predicted molar refractivity (Wildman–Crippen MR) is 66.7 cm³/mol. The number of alkyl halides is 2. The van der Waals surface area contributed by atoms with Crippen LogP contribution in [-0.2, 0) is 10.7 Å². The van der Waals surface area contributed by atoms with Crippen LogP contribution in [0.5, 0.6) is 0 Å². The second-order valence-electron chi connectivity index (χ2n) is 4.77. The van der Waals surface area contributed by atoms with E-state index in [1.54, 1.807) is 18.2 Å². The lowest BCUT2D eigenvalue weighted by Crippen LogP contribution is -2.22. The topological polar surface area (TPSA) is 21.3 Å². The first-order valence-electron chi connectivity index (χ1n) is 6.40. The van der Waals surface area contributed by atoms with Crippen molar-refractivity contribution in [3.8, 4) is 0 Å². The second-order valence-corrected chi connectivity index (χ2v) is 4.77. The molecule has 0 aliphatic carbocycles. The molecule has 100 valence electrons. The molecule has 1 atom stereocenters. The highest BCUT2D eigenvalue weighted by Gasteiger charge is 2.31. The van der Waals surface area contributed by atoms with E-state index in [0.717, 1.165) is 25.9 Å². The largest absolute Gasteiger partial charge is 0.375 e. The fourth-order valence-corrected chi connectivity index (χ4v) is 2.18. The normalized spacial score (nSPS) is 20.2. The van der Waals surface area contributed by atoms with Crippen molar-refractivity contribution >= 4 is 0 Å². The van der Waals surface area contributed by atoms with Crippen LogP contribution in [0.1, 0.15) is 18.4 Å². The molecule has 0 aromatic heterocycles. The van der Waals surface area contributed by atoms with Crippen LogP contribution in [0.2, 0.25) is 0 Å². The first-order chi connectivity index (χ1) is 8.68. The van der Waals surface area contributed by atoms with Crippen molar-refractivity contribution in [3.63, 3.8) is 0 Å². The van der Waals surface area contributed by atoms with Crippen LogP contribution in [0, 0.1) is 5.92 Å². The fourth-order valence-electron chi connectivity index (χ4n) is 2.18. The summed E-state index contributed by atoms with van der Waals surface area (Å²) in [6.07, 6.45) is 1.98. The smallest absolute Gasteiger partial charge is 0.296 e. The minimum Gasteiger partial charge on any atom is -0.375 e. The van der Waals surface area contributed by atoms with Crippen molar-refractivity contribution in [1.82, 2.24) is 5.32 Å². The van der Waals surface area contributed by atoms with Crippen molar-refractivity contribution < 1.29 is 13.5 Å². The van der Waals surface area contributed by atoms with Crippen LogP contribution in [0.25, 0.3) is 0 Å². The van der Waals surface area contributed by atoms with E-state index in [1.165, 1.54) is 12.1 Å². The summed E-state index contributed by atoms with van der Waals surface area (Å²) in [5.41, 5.74) is 0.0209. The van der Waals surface area contributed by atoms with Gasteiger partial charge in [-0.2, -0.15) is 8.78 Å². The Morgan fingerprint density at radius 2 is 2.06 bits per heavy atom. The Bertz CT molecular complexity index is 350. The molecular weight excluding hydrogens is 236 g/mol. The van der Waals surface area contributed by atoms with Gasteiger partial charge >= 0.3 is 0 Å². The molecule has 2 rings (SSSR count). The Labute approximate surface area is 106 Å². The van der Waals surface area contributed by atoms with Crippen LogP contribution >= 0.6 is 0 Å². The van der Waals surface area contributed by atoms with E-state index in [1.807, 2.05) is 0 Å². The van der Waals surface area contributed by atoms with Gasteiger partial charge in [0, 0.05) is 12.2 Å². The van der Waals surface area contributed by atoms with Crippen molar-refractivity contribution in [3.05, 3.63) is 35.9 Å². The molecular formula is C14H19F2NO. The molecule has 1 saturated heterocycles. The first-order valence-corrected chi connectivity index (χ1v) is 6.40.